The monoisotopic (exact) mass is 391 g/mol. The van der Waals surface area contributed by atoms with Crippen molar-refractivity contribution in [1.82, 2.24) is 25.0 Å². The van der Waals surface area contributed by atoms with Crippen LogP contribution in [0.5, 0.6) is 0 Å². The molecule has 1 amide bonds. The Morgan fingerprint density at radius 1 is 1.10 bits per heavy atom. The highest BCUT2D eigenvalue weighted by atomic mass is 16.5. The van der Waals surface area contributed by atoms with E-state index in [9.17, 15) is 4.79 Å². The highest BCUT2D eigenvalue weighted by Gasteiger charge is 2.12. The van der Waals surface area contributed by atoms with Gasteiger partial charge in [-0.25, -0.2) is 4.98 Å². The van der Waals surface area contributed by atoms with E-state index in [0.717, 1.165) is 12.4 Å². The average molecular weight is 391 g/mol. The molecule has 148 valence electrons. The van der Waals surface area contributed by atoms with Gasteiger partial charge in [0.05, 0.1) is 6.26 Å². The number of furan rings is 1. The minimum atomic E-state index is -0.0658. The molecule has 4 aromatic rings. The largest absolute Gasteiger partial charge is 0.461 e. The number of nitrogens with zero attached hydrogens (tertiary/aromatic N) is 4. The SMILES string of the molecule is O=C(CCc1nc(-c2ccco2)no1)NCCc1nccn1Cc1ccccc1. The zero-order chi connectivity index (χ0) is 19.9. The molecule has 0 saturated carbocycles. The van der Waals surface area contributed by atoms with Crippen LogP contribution in [0.3, 0.4) is 0 Å². The first-order valence-electron chi connectivity index (χ1n) is 9.45. The molecule has 1 N–H and O–H groups in total. The Morgan fingerprint density at radius 3 is 2.83 bits per heavy atom. The van der Waals surface area contributed by atoms with E-state index >= 15 is 0 Å². The van der Waals surface area contributed by atoms with Crippen LogP contribution in [0.25, 0.3) is 11.6 Å². The van der Waals surface area contributed by atoms with Crippen molar-refractivity contribution in [3.05, 3.63) is 78.4 Å². The number of hydrogen-bond acceptors (Lipinski definition) is 6. The third-order valence-corrected chi connectivity index (χ3v) is 4.44. The third-order valence-electron chi connectivity index (χ3n) is 4.44. The zero-order valence-electron chi connectivity index (χ0n) is 15.8. The number of amides is 1. The Kier molecular flexibility index (Phi) is 5.80. The number of benzene rings is 1. The second-order valence-electron chi connectivity index (χ2n) is 6.55. The molecule has 0 aliphatic carbocycles. The summed E-state index contributed by atoms with van der Waals surface area (Å²) in [4.78, 5) is 20.7. The van der Waals surface area contributed by atoms with Gasteiger partial charge in [-0.05, 0) is 17.7 Å². The highest BCUT2D eigenvalue weighted by molar-refractivity contribution is 5.76. The lowest BCUT2D eigenvalue weighted by molar-refractivity contribution is -0.121. The number of hydrogen-bond donors (Lipinski definition) is 1. The number of rotatable bonds is 9. The van der Waals surface area contributed by atoms with E-state index in [0.29, 0.717) is 36.9 Å². The molecule has 0 aliphatic heterocycles. The fourth-order valence-corrected chi connectivity index (χ4v) is 2.98. The van der Waals surface area contributed by atoms with Crippen LogP contribution < -0.4 is 5.32 Å². The first kappa shape index (κ1) is 18.7. The molecular formula is C21H21N5O3. The van der Waals surface area contributed by atoms with Gasteiger partial charge in [0.1, 0.15) is 5.82 Å². The molecule has 8 nitrogen and oxygen atoms in total. The Morgan fingerprint density at radius 2 is 2.00 bits per heavy atom. The van der Waals surface area contributed by atoms with E-state index in [2.05, 4.69) is 37.1 Å². The van der Waals surface area contributed by atoms with Gasteiger partial charge in [0.15, 0.2) is 5.76 Å². The maximum Gasteiger partial charge on any atom is 0.238 e. The van der Waals surface area contributed by atoms with Crippen LogP contribution in [0.4, 0.5) is 0 Å². The van der Waals surface area contributed by atoms with E-state index in [4.69, 9.17) is 8.94 Å². The molecule has 8 heteroatoms. The lowest BCUT2D eigenvalue weighted by Gasteiger charge is -2.09. The van der Waals surface area contributed by atoms with E-state index in [1.807, 2.05) is 24.4 Å². The molecule has 0 saturated heterocycles. The summed E-state index contributed by atoms with van der Waals surface area (Å²) in [6, 6.07) is 13.7. The van der Waals surface area contributed by atoms with Gasteiger partial charge >= 0.3 is 0 Å². The summed E-state index contributed by atoms with van der Waals surface area (Å²) in [6.45, 7) is 1.28. The van der Waals surface area contributed by atoms with Crippen molar-refractivity contribution < 1.29 is 13.7 Å². The van der Waals surface area contributed by atoms with Crippen molar-refractivity contribution in [2.75, 3.05) is 6.54 Å². The zero-order valence-corrected chi connectivity index (χ0v) is 15.8. The second-order valence-corrected chi connectivity index (χ2v) is 6.55. The maximum absolute atomic E-state index is 12.1. The standard InChI is InChI=1S/C21H21N5O3/c27-19(8-9-20-24-21(25-29-20)17-7-4-14-28-17)23-11-10-18-22-12-13-26(18)15-16-5-2-1-3-6-16/h1-7,12-14H,8-11,15H2,(H,23,27). The summed E-state index contributed by atoms with van der Waals surface area (Å²) in [6.07, 6.45) is 6.60. The Balaban J connectivity index is 1.21. The fraction of sp³-hybridized carbons (Fsp3) is 0.238. The van der Waals surface area contributed by atoms with Crippen LogP contribution in [0.15, 0.2) is 70.1 Å². The molecule has 29 heavy (non-hydrogen) atoms. The molecule has 0 bridgehead atoms. The van der Waals surface area contributed by atoms with Gasteiger partial charge in [-0.15, -0.1) is 0 Å². The number of aryl methyl sites for hydroxylation is 1. The molecule has 1 aromatic carbocycles. The van der Waals surface area contributed by atoms with Crippen LogP contribution in [0.1, 0.15) is 23.7 Å². The Hall–Kier alpha value is -3.68. The summed E-state index contributed by atoms with van der Waals surface area (Å²) < 4.78 is 12.5. The number of imidazole rings is 1. The topological polar surface area (TPSA) is 99.0 Å². The number of carbonyl (C=O) groups excluding carboxylic acids is 1. The van der Waals surface area contributed by atoms with Crippen molar-refractivity contribution in [2.24, 2.45) is 0 Å². The molecule has 0 fully saturated rings. The van der Waals surface area contributed by atoms with Gasteiger partial charge in [-0.3, -0.25) is 4.79 Å². The first-order chi connectivity index (χ1) is 14.3. The van der Waals surface area contributed by atoms with Crippen LogP contribution in [-0.4, -0.2) is 32.1 Å². The van der Waals surface area contributed by atoms with Crippen molar-refractivity contribution >= 4 is 5.91 Å². The number of aromatic nitrogens is 4. The van der Waals surface area contributed by atoms with E-state index < -0.39 is 0 Å². The van der Waals surface area contributed by atoms with Gasteiger partial charge in [0.25, 0.3) is 0 Å². The fourth-order valence-electron chi connectivity index (χ4n) is 2.98. The molecule has 3 aromatic heterocycles. The normalized spacial score (nSPS) is 10.9. The van der Waals surface area contributed by atoms with Gasteiger partial charge in [0.2, 0.25) is 17.6 Å². The molecule has 0 spiro atoms. The first-order valence-corrected chi connectivity index (χ1v) is 9.45. The third kappa shape index (κ3) is 4.98. The lowest BCUT2D eigenvalue weighted by Crippen LogP contribution is -2.26. The van der Waals surface area contributed by atoms with Crippen molar-refractivity contribution in [3.8, 4) is 11.6 Å². The van der Waals surface area contributed by atoms with Crippen LogP contribution in [0, 0.1) is 0 Å². The molecule has 4 rings (SSSR count). The van der Waals surface area contributed by atoms with Crippen molar-refractivity contribution in [2.45, 2.75) is 25.8 Å². The summed E-state index contributed by atoms with van der Waals surface area (Å²) >= 11 is 0. The smallest absolute Gasteiger partial charge is 0.238 e. The number of carbonyl (C=O) groups is 1. The minimum absolute atomic E-state index is 0.0658. The minimum Gasteiger partial charge on any atom is -0.461 e. The van der Waals surface area contributed by atoms with Gasteiger partial charge in [0, 0.05) is 44.7 Å². The van der Waals surface area contributed by atoms with Crippen LogP contribution in [0.2, 0.25) is 0 Å². The quantitative estimate of drug-likeness (QED) is 0.471. The summed E-state index contributed by atoms with van der Waals surface area (Å²) in [5.74, 6) is 2.20. The second kappa shape index (κ2) is 9.01. The van der Waals surface area contributed by atoms with E-state index in [-0.39, 0.29) is 12.3 Å². The van der Waals surface area contributed by atoms with Crippen LogP contribution >= 0.6 is 0 Å². The molecule has 0 aliphatic rings. The molecule has 0 atom stereocenters. The lowest BCUT2D eigenvalue weighted by atomic mass is 10.2. The summed E-state index contributed by atoms with van der Waals surface area (Å²) in [5.41, 5.74) is 1.21. The summed E-state index contributed by atoms with van der Waals surface area (Å²) in [7, 11) is 0. The average Bonchev–Trinajstić information content (AvgIpc) is 3.49. The maximum atomic E-state index is 12.1. The van der Waals surface area contributed by atoms with Crippen LogP contribution in [-0.2, 0) is 24.2 Å². The molecular weight excluding hydrogens is 370 g/mol. The van der Waals surface area contributed by atoms with Gasteiger partial charge in [-0.2, -0.15) is 4.98 Å². The predicted molar refractivity (Wildman–Crippen MR) is 105 cm³/mol. The van der Waals surface area contributed by atoms with Crippen molar-refractivity contribution in [1.29, 1.82) is 0 Å². The van der Waals surface area contributed by atoms with Crippen molar-refractivity contribution in [3.63, 3.8) is 0 Å². The predicted octanol–water partition coefficient (Wildman–Crippen LogP) is 2.87. The summed E-state index contributed by atoms with van der Waals surface area (Å²) in [5, 5.41) is 6.77. The van der Waals surface area contributed by atoms with E-state index in [1.54, 1.807) is 24.6 Å². The highest BCUT2D eigenvalue weighted by Crippen LogP contribution is 2.16. The molecule has 0 radical (unpaired) electrons. The molecule has 3 heterocycles. The Labute approximate surface area is 167 Å². The van der Waals surface area contributed by atoms with Gasteiger partial charge < -0.3 is 18.8 Å². The van der Waals surface area contributed by atoms with E-state index in [1.165, 1.54) is 5.56 Å². The van der Waals surface area contributed by atoms with Gasteiger partial charge in [-0.1, -0.05) is 35.5 Å². The number of nitrogens with one attached hydrogen (secondary N) is 1. The Bertz CT molecular complexity index is 1040. The molecule has 0 unspecified atom stereocenters.